The fourth-order valence-corrected chi connectivity index (χ4v) is 2.57. The number of carbonyl (C=O) groups excluding carboxylic acids is 1. The fourth-order valence-electron chi connectivity index (χ4n) is 1.78. The molecule has 0 N–H and O–H groups in total. The minimum Gasteiger partial charge on any atom is -0.423 e. The van der Waals surface area contributed by atoms with Crippen LogP contribution in [0.15, 0.2) is 0 Å². The van der Waals surface area contributed by atoms with E-state index in [0.717, 1.165) is 32.7 Å². The molecule has 118 valence electrons. The Hall–Kier alpha value is -0.593. The van der Waals surface area contributed by atoms with Gasteiger partial charge in [0.25, 0.3) is 0 Å². The van der Waals surface area contributed by atoms with Crippen molar-refractivity contribution in [2.24, 2.45) is 0 Å². The first-order valence-electron chi connectivity index (χ1n) is 7.45. The number of rotatable bonds is 4. The minimum absolute atomic E-state index is 0.0727. The molecule has 0 aromatic carbocycles. The average molecular weight is 302 g/mol. The predicted molar refractivity (Wildman–Crippen MR) is 83.3 cm³/mol. The molecule has 0 atom stereocenters. The molecule has 1 aliphatic heterocycles. The number of nitrogens with zero attached hydrogens (tertiary/aromatic N) is 2. The van der Waals surface area contributed by atoms with Crippen LogP contribution >= 0.6 is 0 Å². The Morgan fingerprint density at radius 2 is 1.70 bits per heavy atom. The van der Waals surface area contributed by atoms with Crippen LogP contribution < -0.4 is 0 Å². The molecule has 0 radical (unpaired) electrons. The number of likely N-dealkylation sites (N-methyl/N-ethyl adjacent to an activating group) is 1. The first-order chi connectivity index (χ1) is 9.17. The maximum atomic E-state index is 11.9. The molecule has 1 heterocycles. The Morgan fingerprint density at radius 3 is 2.15 bits per heavy atom. The second kappa shape index (κ2) is 6.91. The SMILES string of the molecule is CCN1CCN(C(=O)OCO[Si](C)(C)C(C)(C)C)CC1. The summed E-state index contributed by atoms with van der Waals surface area (Å²) in [4.78, 5) is 16.0. The molecule has 1 aliphatic rings. The zero-order chi connectivity index (χ0) is 15.4. The van der Waals surface area contributed by atoms with Gasteiger partial charge in [0.2, 0.25) is 0 Å². The lowest BCUT2D eigenvalue weighted by molar-refractivity contribution is 0.0191. The first-order valence-corrected chi connectivity index (χ1v) is 10.4. The standard InChI is InChI=1S/C14H30N2O3Si/c1-7-15-8-10-16(11-9-15)13(17)18-12-19-20(5,6)14(2,3)4/h7-12H2,1-6H3. The molecule has 0 bridgehead atoms. The maximum absolute atomic E-state index is 11.9. The largest absolute Gasteiger partial charge is 0.423 e. The smallest absolute Gasteiger partial charge is 0.411 e. The van der Waals surface area contributed by atoms with Crippen molar-refractivity contribution in [1.82, 2.24) is 9.80 Å². The third-order valence-electron chi connectivity index (χ3n) is 4.49. The molecule has 1 amide bonds. The van der Waals surface area contributed by atoms with E-state index in [1.807, 2.05) is 0 Å². The maximum Gasteiger partial charge on any atom is 0.411 e. The van der Waals surface area contributed by atoms with Crippen LogP contribution in [0.25, 0.3) is 0 Å². The van der Waals surface area contributed by atoms with Gasteiger partial charge in [0.1, 0.15) is 0 Å². The summed E-state index contributed by atoms with van der Waals surface area (Å²) in [6, 6.07) is 0. The Kier molecular flexibility index (Phi) is 6.03. The third-order valence-corrected chi connectivity index (χ3v) is 8.94. The van der Waals surface area contributed by atoms with E-state index in [1.165, 1.54) is 0 Å². The van der Waals surface area contributed by atoms with Crippen LogP contribution in [0.3, 0.4) is 0 Å². The van der Waals surface area contributed by atoms with Crippen molar-refractivity contribution in [1.29, 1.82) is 0 Å². The number of piperazine rings is 1. The van der Waals surface area contributed by atoms with Crippen molar-refractivity contribution in [2.75, 3.05) is 39.5 Å². The van der Waals surface area contributed by atoms with E-state index in [2.05, 4.69) is 45.7 Å². The molecule has 0 aliphatic carbocycles. The molecule has 0 saturated carbocycles. The molecular weight excluding hydrogens is 272 g/mol. The summed E-state index contributed by atoms with van der Waals surface area (Å²) in [6.07, 6.45) is -0.250. The van der Waals surface area contributed by atoms with Gasteiger partial charge < -0.3 is 19.0 Å². The van der Waals surface area contributed by atoms with Gasteiger partial charge in [0, 0.05) is 26.2 Å². The zero-order valence-electron chi connectivity index (χ0n) is 13.9. The minimum atomic E-state index is -1.84. The van der Waals surface area contributed by atoms with Crippen LogP contribution in [0.4, 0.5) is 4.79 Å². The Morgan fingerprint density at radius 1 is 1.15 bits per heavy atom. The van der Waals surface area contributed by atoms with Gasteiger partial charge in [0.05, 0.1) is 0 Å². The van der Waals surface area contributed by atoms with Crippen LogP contribution in [-0.2, 0) is 9.16 Å². The van der Waals surface area contributed by atoms with Crippen molar-refractivity contribution >= 4 is 14.4 Å². The van der Waals surface area contributed by atoms with Gasteiger partial charge in [-0.3, -0.25) is 0 Å². The van der Waals surface area contributed by atoms with Crippen molar-refractivity contribution in [3.05, 3.63) is 0 Å². The molecule has 1 rings (SSSR count). The zero-order valence-corrected chi connectivity index (χ0v) is 14.9. The van der Waals surface area contributed by atoms with Crippen molar-refractivity contribution < 1.29 is 14.0 Å². The first kappa shape index (κ1) is 17.5. The van der Waals surface area contributed by atoms with Gasteiger partial charge in [-0.05, 0) is 24.7 Å². The number of hydrogen-bond acceptors (Lipinski definition) is 4. The van der Waals surface area contributed by atoms with E-state index in [4.69, 9.17) is 9.16 Å². The summed E-state index contributed by atoms with van der Waals surface area (Å²) in [7, 11) is -1.84. The van der Waals surface area contributed by atoms with Crippen molar-refractivity contribution in [3.63, 3.8) is 0 Å². The fraction of sp³-hybridized carbons (Fsp3) is 0.929. The second-order valence-electron chi connectivity index (χ2n) is 6.85. The van der Waals surface area contributed by atoms with Crippen LogP contribution in [-0.4, -0.2) is 63.7 Å². The highest BCUT2D eigenvalue weighted by Crippen LogP contribution is 2.36. The summed E-state index contributed by atoms with van der Waals surface area (Å²) in [5.74, 6) is 0. The highest BCUT2D eigenvalue weighted by atomic mass is 28.4. The van der Waals surface area contributed by atoms with E-state index < -0.39 is 8.32 Å². The molecule has 6 heteroatoms. The quantitative estimate of drug-likeness (QED) is 0.591. The lowest BCUT2D eigenvalue weighted by Gasteiger charge is -2.36. The molecule has 0 aromatic rings. The summed E-state index contributed by atoms with van der Waals surface area (Å²) in [6.45, 7) is 17.4. The lowest BCUT2D eigenvalue weighted by Crippen LogP contribution is -2.49. The summed E-state index contributed by atoms with van der Waals surface area (Å²) < 4.78 is 11.1. The topological polar surface area (TPSA) is 42.0 Å². The van der Waals surface area contributed by atoms with Gasteiger partial charge >= 0.3 is 6.09 Å². The molecule has 20 heavy (non-hydrogen) atoms. The van der Waals surface area contributed by atoms with Gasteiger partial charge in [-0.15, -0.1) is 0 Å². The molecule has 1 fully saturated rings. The van der Waals surface area contributed by atoms with Crippen molar-refractivity contribution in [2.45, 2.75) is 45.8 Å². The highest BCUT2D eigenvalue weighted by Gasteiger charge is 2.37. The van der Waals surface area contributed by atoms with E-state index in [0.29, 0.717) is 0 Å². The lowest BCUT2D eigenvalue weighted by atomic mass is 10.2. The monoisotopic (exact) mass is 302 g/mol. The van der Waals surface area contributed by atoms with Gasteiger partial charge in [-0.25, -0.2) is 4.79 Å². The van der Waals surface area contributed by atoms with E-state index in [9.17, 15) is 4.79 Å². The molecule has 0 spiro atoms. The Labute approximate surface area is 124 Å². The third kappa shape index (κ3) is 4.75. The van der Waals surface area contributed by atoms with Gasteiger partial charge in [0.15, 0.2) is 15.1 Å². The van der Waals surface area contributed by atoms with Crippen LogP contribution in [0.2, 0.25) is 18.1 Å². The average Bonchev–Trinajstić information content (AvgIpc) is 2.37. The highest BCUT2D eigenvalue weighted by molar-refractivity contribution is 6.74. The van der Waals surface area contributed by atoms with Crippen LogP contribution in [0.5, 0.6) is 0 Å². The van der Waals surface area contributed by atoms with E-state index in [1.54, 1.807) is 4.90 Å². The van der Waals surface area contributed by atoms with Crippen molar-refractivity contribution in [3.8, 4) is 0 Å². The molecule has 1 saturated heterocycles. The normalized spacial score (nSPS) is 18.2. The Balaban J connectivity index is 2.31. The number of ether oxygens (including phenoxy) is 1. The van der Waals surface area contributed by atoms with E-state index >= 15 is 0 Å². The molecule has 0 aromatic heterocycles. The van der Waals surface area contributed by atoms with E-state index in [-0.39, 0.29) is 17.9 Å². The number of carbonyl (C=O) groups is 1. The van der Waals surface area contributed by atoms with Gasteiger partial charge in [-0.1, -0.05) is 27.7 Å². The predicted octanol–water partition coefficient (Wildman–Crippen LogP) is 2.74. The number of hydrogen-bond donors (Lipinski definition) is 0. The molecule has 5 nitrogen and oxygen atoms in total. The second-order valence-corrected chi connectivity index (χ2v) is 11.7. The Bertz CT molecular complexity index is 321. The summed E-state index contributed by atoms with van der Waals surface area (Å²) >= 11 is 0. The molecular formula is C14H30N2O3Si. The summed E-state index contributed by atoms with van der Waals surface area (Å²) in [5.41, 5.74) is 0. The number of amides is 1. The van der Waals surface area contributed by atoms with Crippen LogP contribution in [0, 0.1) is 0 Å². The summed E-state index contributed by atoms with van der Waals surface area (Å²) in [5, 5.41) is 0.131. The van der Waals surface area contributed by atoms with Crippen LogP contribution in [0.1, 0.15) is 27.7 Å². The van der Waals surface area contributed by atoms with Gasteiger partial charge in [-0.2, -0.15) is 0 Å². The molecule has 0 unspecified atom stereocenters.